The number of rotatable bonds is 5. The van der Waals surface area contributed by atoms with E-state index >= 15 is 0 Å². The molecule has 2 aromatic rings. The Morgan fingerprint density at radius 1 is 1.04 bits per heavy atom. The van der Waals surface area contributed by atoms with Gasteiger partial charge < -0.3 is 9.47 Å². The van der Waals surface area contributed by atoms with Crippen molar-refractivity contribution in [2.45, 2.75) is 18.6 Å². The first-order valence-electron chi connectivity index (χ1n) is 7.18. The Morgan fingerprint density at radius 3 is 2.38 bits per heavy atom. The van der Waals surface area contributed by atoms with Crippen LogP contribution in [0.2, 0.25) is 5.02 Å². The molecule has 0 radical (unpaired) electrons. The van der Waals surface area contributed by atoms with E-state index in [0.717, 1.165) is 12.7 Å². The van der Waals surface area contributed by atoms with E-state index in [4.69, 9.17) is 21.1 Å². The third kappa shape index (κ3) is 3.77. The average molecular weight is 370 g/mol. The van der Waals surface area contributed by atoms with Gasteiger partial charge in [0.05, 0.1) is 7.11 Å². The fourth-order valence-corrected chi connectivity index (χ4v) is 3.23. The molecule has 3 unspecified atom stereocenters. The molecule has 1 N–H and O–H groups in total. The van der Waals surface area contributed by atoms with Gasteiger partial charge in [-0.2, -0.15) is 13.1 Å². The highest BCUT2D eigenvalue weighted by molar-refractivity contribution is 7.84. The van der Waals surface area contributed by atoms with Crippen molar-refractivity contribution in [3.05, 3.63) is 70.7 Å². The topological polar surface area (TPSA) is 73.9 Å². The number of hydrogen-bond donors (Lipinski definition) is 1. The van der Waals surface area contributed by atoms with Gasteiger partial charge in [-0.15, -0.1) is 0 Å². The van der Waals surface area contributed by atoms with Crippen LogP contribution in [-0.2, 0) is 24.0 Å². The molecule has 8 heteroatoms. The fraction of sp³-hybridized carbons (Fsp3) is 0.250. The van der Waals surface area contributed by atoms with E-state index in [0.29, 0.717) is 10.6 Å². The summed E-state index contributed by atoms with van der Waals surface area (Å²) in [5, 5.41) is 0.460. The van der Waals surface area contributed by atoms with Gasteiger partial charge in [0.2, 0.25) is 0 Å². The van der Waals surface area contributed by atoms with Crippen molar-refractivity contribution in [2.75, 3.05) is 7.11 Å². The van der Waals surface area contributed by atoms with Crippen molar-refractivity contribution >= 4 is 21.9 Å². The molecule has 6 nitrogen and oxygen atoms in total. The Labute approximate surface area is 145 Å². The highest BCUT2D eigenvalue weighted by atomic mass is 35.5. The van der Waals surface area contributed by atoms with Gasteiger partial charge in [-0.1, -0.05) is 60.1 Å². The highest BCUT2D eigenvalue weighted by Crippen LogP contribution is 2.41. The summed E-state index contributed by atoms with van der Waals surface area (Å²) in [5.74, 6) is 0. The Balaban J connectivity index is 1.92. The predicted octanol–water partition coefficient (Wildman–Crippen LogP) is 2.93. The summed E-state index contributed by atoms with van der Waals surface area (Å²) in [6.07, 6.45) is -2.41. The lowest BCUT2D eigenvalue weighted by molar-refractivity contribution is -0.0704. The maximum atomic E-state index is 11.8. The Kier molecular flexibility index (Phi) is 5.19. The van der Waals surface area contributed by atoms with E-state index in [1.54, 1.807) is 24.3 Å². The van der Waals surface area contributed by atoms with Gasteiger partial charge in [0.15, 0.2) is 12.5 Å². The van der Waals surface area contributed by atoms with Gasteiger partial charge >= 0.3 is 10.3 Å². The Bertz CT molecular complexity index is 799. The van der Waals surface area contributed by atoms with Gasteiger partial charge in [-0.05, 0) is 6.07 Å². The zero-order valence-corrected chi connectivity index (χ0v) is 14.3. The first kappa shape index (κ1) is 17.3. The monoisotopic (exact) mass is 369 g/mol. The number of benzene rings is 2. The minimum absolute atomic E-state index is 0.460. The van der Waals surface area contributed by atoms with Crippen LogP contribution in [0.4, 0.5) is 0 Å². The second-order valence-electron chi connectivity index (χ2n) is 5.12. The number of halogens is 1. The van der Waals surface area contributed by atoms with E-state index < -0.39 is 28.9 Å². The van der Waals surface area contributed by atoms with Crippen LogP contribution < -0.4 is 4.72 Å². The molecule has 1 heterocycles. The van der Waals surface area contributed by atoms with Crippen LogP contribution in [0.5, 0.6) is 0 Å². The molecule has 3 rings (SSSR count). The maximum Gasteiger partial charge on any atom is 0.337 e. The predicted molar refractivity (Wildman–Crippen MR) is 88.4 cm³/mol. The molecule has 0 saturated carbocycles. The van der Waals surface area contributed by atoms with Crippen LogP contribution >= 0.6 is 11.6 Å². The fourth-order valence-electron chi connectivity index (χ4n) is 2.43. The number of ether oxygens (including phenoxy) is 2. The van der Waals surface area contributed by atoms with Gasteiger partial charge in [0.25, 0.3) is 0 Å². The van der Waals surface area contributed by atoms with Crippen LogP contribution in [0.3, 0.4) is 0 Å². The van der Waals surface area contributed by atoms with Crippen LogP contribution in [0.1, 0.15) is 23.5 Å². The largest absolute Gasteiger partial charge is 0.337 e. The van der Waals surface area contributed by atoms with Gasteiger partial charge in [-0.3, -0.25) is 4.18 Å². The molecule has 1 saturated heterocycles. The smallest absolute Gasteiger partial charge is 0.336 e. The lowest BCUT2D eigenvalue weighted by Gasteiger charge is -2.18. The van der Waals surface area contributed by atoms with Crippen LogP contribution in [0, 0.1) is 0 Å². The first-order valence-corrected chi connectivity index (χ1v) is 8.97. The quantitative estimate of drug-likeness (QED) is 0.877. The van der Waals surface area contributed by atoms with Gasteiger partial charge in [-0.25, -0.2) is 0 Å². The normalized spacial score (nSPS) is 24.2. The van der Waals surface area contributed by atoms with Crippen molar-refractivity contribution < 1.29 is 22.1 Å². The van der Waals surface area contributed by atoms with Gasteiger partial charge in [0.1, 0.15) is 6.10 Å². The molecular weight excluding hydrogens is 354 g/mol. The van der Waals surface area contributed by atoms with E-state index in [-0.39, 0.29) is 0 Å². The summed E-state index contributed by atoms with van der Waals surface area (Å²) in [4.78, 5) is 0. The van der Waals surface area contributed by atoms with Crippen molar-refractivity contribution in [1.29, 1.82) is 0 Å². The minimum atomic E-state index is -3.96. The minimum Gasteiger partial charge on any atom is -0.336 e. The Hall–Kier alpha value is -1.48. The molecule has 0 amide bonds. The molecule has 0 spiro atoms. The molecule has 1 aliphatic heterocycles. The summed E-state index contributed by atoms with van der Waals surface area (Å²) in [6.45, 7) is 0. The molecule has 24 heavy (non-hydrogen) atoms. The molecular formula is C16H16ClNO5S. The van der Waals surface area contributed by atoms with Crippen molar-refractivity contribution in [3.63, 3.8) is 0 Å². The lowest BCUT2D eigenvalue weighted by atomic mass is 10.1. The van der Waals surface area contributed by atoms with Crippen LogP contribution in [0.15, 0.2) is 54.6 Å². The molecule has 0 aliphatic carbocycles. The third-order valence-corrected chi connectivity index (χ3v) is 4.88. The second-order valence-corrected chi connectivity index (χ2v) is 7.00. The van der Waals surface area contributed by atoms with Crippen LogP contribution in [-0.4, -0.2) is 21.8 Å². The first-order chi connectivity index (χ1) is 11.5. The molecule has 3 atom stereocenters. The second kappa shape index (κ2) is 7.18. The Morgan fingerprint density at radius 2 is 1.71 bits per heavy atom. The molecule has 1 aliphatic rings. The summed E-state index contributed by atoms with van der Waals surface area (Å²) >= 11 is 6.22. The van der Waals surface area contributed by atoms with E-state index in [1.165, 1.54) is 0 Å². The zero-order valence-electron chi connectivity index (χ0n) is 12.8. The highest BCUT2D eigenvalue weighted by Gasteiger charge is 2.41. The van der Waals surface area contributed by atoms with E-state index in [1.807, 2.05) is 30.3 Å². The van der Waals surface area contributed by atoms with Crippen molar-refractivity contribution in [2.24, 2.45) is 0 Å². The summed E-state index contributed by atoms with van der Waals surface area (Å²) in [7, 11) is -2.89. The lowest BCUT2D eigenvalue weighted by Crippen LogP contribution is -2.38. The van der Waals surface area contributed by atoms with E-state index in [2.05, 4.69) is 8.91 Å². The maximum absolute atomic E-state index is 11.8. The SMILES string of the molecule is COS(=O)(=O)NC1OC(c2ccccc2)OC1c1ccccc1Cl. The number of hydrogen-bond acceptors (Lipinski definition) is 5. The standard InChI is InChI=1S/C16H16ClNO5S/c1-21-24(19,20)18-15-14(12-9-5-6-10-13(12)17)22-16(23-15)11-7-3-2-4-8-11/h2-10,14-16,18H,1H3. The van der Waals surface area contributed by atoms with Gasteiger partial charge in [0, 0.05) is 16.1 Å². The van der Waals surface area contributed by atoms with Crippen LogP contribution in [0.25, 0.3) is 0 Å². The van der Waals surface area contributed by atoms with E-state index in [9.17, 15) is 8.42 Å². The van der Waals surface area contributed by atoms with Crippen molar-refractivity contribution in [3.8, 4) is 0 Å². The summed E-state index contributed by atoms with van der Waals surface area (Å²) in [6, 6.07) is 16.3. The molecule has 0 aromatic heterocycles. The molecule has 1 fully saturated rings. The zero-order chi connectivity index (χ0) is 17.2. The number of nitrogens with one attached hydrogen (secondary N) is 1. The average Bonchev–Trinajstić information content (AvgIpc) is 2.99. The summed E-state index contributed by atoms with van der Waals surface area (Å²) in [5.41, 5.74) is 1.40. The molecule has 0 bridgehead atoms. The third-order valence-electron chi connectivity index (χ3n) is 3.58. The molecule has 128 valence electrons. The summed E-state index contributed by atoms with van der Waals surface area (Å²) < 4.78 is 42.0. The molecule has 2 aromatic carbocycles. The van der Waals surface area contributed by atoms with Crippen molar-refractivity contribution in [1.82, 2.24) is 4.72 Å².